The molecule has 5 nitrogen and oxygen atoms in total. The van der Waals surface area contributed by atoms with Crippen molar-refractivity contribution in [3.8, 4) is 0 Å². The van der Waals surface area contributed by atoms with E-state index in [0.29, 0.717) is 32.4 Å². The number of amides is 1. The normalized spacial score (nSPS) is 25.1. The summed E-state index contributed by atoms with van der Waals surface area (Å²) in [5.74, 6) is -0.0588. The van der Waals surface area contributed by atoms with Crippen LogP contribution < -0.4 is 5.73 Å². The van der Waals surface area contributed by atoms with Gasteiger partial charge < -0.3 is 15.7 Å². The number of hydrogen-bond acceptors (Lipinski definition) is 4. The molecule has 110 valence electrons. The first-order valence-corrected chi connectivity index (χ1v) is 8.13. The minimum atomic E-state index is -0.801. The van der Waals surface area contributed by atoms with Crippen molar-refractivity contribution in [2.75, 3.05) is 25.1 Å². The minimum absolute atomic E-state index is 0.104. The first-order valence-electron chi connectivity index (χ1n) is 6.73. The molecule has 1 fully saturated rings. The highest BCUT2D eigenvalue weighted by atomic mass is 32.2. The van der Waals surface area contributed by atoms with Crippen molar-refractivity contribution in [1.29, 1.82) is 0 Å². The highest BCUT2D eigenvalue weighted by Crippen LogP contribution is 2.33. The Kier molecular flexibility index (Phi) is 6.13. The van der Waals surface area contributed by atoms with E-state index in [9.17, 15) is 14.7 Å². The van der Waals surface area contributed by atoms with Gasteiger partial charge in [-0.25, -0.2) is 0 Å². The van der Waals surface area contributed by atoms with E-state index in [1.54, 1.807) is 16.7 Å². The summed E-state index contributed by atoms with van der Waals surface area (Å²) < 4.78 is 0. The van der Waals surface area contributed by atoms with Crippen LogP contribution in [0.3, 0.4) is 0 Å². The number of carbonyl (C=O) groups excluding carboxylic acids is 1. The molecule has 19 heavy (non-hydrogen) atoms. The molecule has 0 saturated carbocycles. The number of likely N-dealkylation sites (tertiary alicyclic amines) is 1. The molecule has 1 aliphatic rings. The van der Waals surface area contributed by atoms with Crippen LogP contribution in [0.2, 0.25) is 0 Å². The van der Waals surface area contributed by atoms with Crippen molar-refractivity contribution in [3.63, 3.8) is 0 Å². The Labute approximate surface area is 118 Å². The molecule has 0 radical (unpaired) electrons. The second-order valence-electron chi connectivity index (χ2n) is 5.19. The monoisotopic (exact) mass is 288 g/mol. The number of hydrogen-bond donors (Lipinski definition) is 2. The zero-order chi connectivity index (χ0) is 14.5. The minimum Gasteiger partial charge on any atom is -0.481 e. The number of carboxylic acids is 1. The lowest BCUT2D eigenvalue weighted by atomic mass is 9.77. The number of carboxylic acid groups (broad SMARTS) is 1. The zero-order valence-electron chi connectivity index (χ0n) is 11.7. The molecule has 0 bridgehead atoms. The largest absolute Gasteiger partial charge is 0.481 e. The molecule has 3 N–H and O–H groups in total. The summed E-state index contributed by atoms with van der Waals surface area (Å²) in [7, 11) is 0. The lowest BCUT2D eigenvalue weighted by Gasteiger charge is -2.40. The second kappa shape index (κ2) is 7.14. The van der Waals surface area contributed by atoms with Crippen LogP contribution in [-0.2, 0) is 9.59 Å². The van der Waals surface area contributed by atoms with E-state index in [-0.39, 0.29) is 5.91 Å². The Bertz CT molecular complexity index is 338. The van der Waals surface area contributed by atoms with E-state index >= 15 is 0 Å². The molecule has 1 unspecified atom stereocenters. The average Bonchev–Trinajstić information content (AvgIpc) is 2.43. The van der Waals surface area contributed by atoms with Crippen LogP contribution in [0.4, 0.5) is 0 Å². The molecule has 0 spiro atoms. The lowest BCUT2D eigenvalue weighted by Crippen LogP contribution is -2.53. The van der Waals surface area contributed by atoms with Crippen molar-refractivity contribution < 1.29 is 14.7 Å². The smallest absolute Gasteiger partial charge is 0.311 e. The van der Waals surface area contributed by atoms with Crippen LogP contribution in [0.1, 0.15) is 32.6 Å². The number of nitrogens with two attached hydrogens (primary N) is 1. The van der Waals surface area contributed by atoms with Gasteiger partial charge in [-0.1, -0.05) is 6.92 Å². The zero-order valence-corrected chi connectivity index (χ0v) is 12.5. The number of rotatable bonds is 6. The fourth-order valence-corrected chi connectivity index (χ4v) is 3.03. The predicted molar refractivity (Wildman–Crippen MR) is 77.1 cm³/mol. The van der Waals surface area contributed by atoms with Crippen molar-refractivity contribution >= 4 is 23.6 Å². The van der Waals surface area contributed by atoms with Crippen LogP contribution in [0.25, 0.3) is 0 Å². The SMILES string of the molecule is CCC1(C(=O)O)CCCN(C(=O)[C@H](N)CCSC)C1. The maximum atomic E-state index is 12.2. The summed E-state index contributed by atoms with van der Waals surface area (Å²) in [5.41, 5.74) is 5.10. The summed E-state index contributed by atoms with van der Waals surface area (Å²) in [5, 5.41) is 9.40. The Morgan fingerprint density at radius 1 is 1.53 bits per heavy atom. The van der Waals surface area contributed by atoms with Crippen molar-refractivity contribution in [2.45, 2.75) is 38.6 Å². The van der Waals surface area contributed by atoms with Crippen LogP contribution in [0, 0.1) is 5.41 Å². The van der Waals surface area contributed by atoms with Gasteiger partial charge in [-0.05, 0) is 37.7 Å². The highest BCUT2D eigenvalue weighted by molar-refractivity contribution is 7.98. The van der Waals surface area contributed by atoms with Gasteiger partial charge in [-0.3, -0.25) is 9.59 Å². The van der Waals surface area contributed by atoms with E-state index in [1.165, 1.54) is 0 Å². The van der Waals surface area contributed by atoms with E-state index in [4.69, 9.17) is 5.73 Å². The van der Waals surface area contributed by atoms with E-state index in [2.05, 4.69) is 0 Å². The third-order valence-electron chi connectivity index (χ3n) is 3.97. The molecule has 1 saturated heterocycles. The molecule has 0 aromatic rings. The van der Waals surface area contributed by atoms with Crippen molar-refractivity contribution in [1.82, 2.24) is 4.90 Å². The molecular formula is C13H24N2O3S. The molecule has 0 aromatic heterocycles. The molecule has 1 amide bonds. The van der Waals surface area contributed by atoms with Crippen LogP contribution in [0.15, 0.2) is 0 Å². The van der Waals surface area contributed by atoms with Gasteiger partial charge in [0.2, 0.25) is 5.91 Å². The standard InChI is InChI=1S/C13H24N2O3S/c1-3-13(12(17)18)6-4-7-15(9-13)11(16)10(14)5-8-19-2/h10H,3-9,14H2,1-2H3,(H,17,18)/t10-,13?/m1/s1. The van der Waals surface area contributed by atoms with E-state index in [1.807, 2.05) is 13.2 Å². The number of carbonyl (C=O) groups is 2. The summed E-state index contributed by atoms with van der Waals surface area (Å²) in [4.78, 5) is 25.3. The fourth-order valence-electron chi connectivity index (χ4n) is 2.54. The van der Waals surface area contributed by atoms with Crippen LogP contribution in [0.5, 0.6) is 0 Å². The number of nitrogens with zero attached hydrogens (tertiary/aromatic N) is 1. The Morgan fingerprint density at radius 3 is 2.74 bits per heavy atom. The van der Waals surface area contributed by atoms with Crippen molar-refractivity contribution in [2.24, 2.45) is 11.1 Å². The molecule has 0 aliphatic carbocycles. The molecule has 1 rings (SSSR count). The van der Waals surface area contributed by atoms with Gasteiger partial charge in [0, 0.05) is 13.1 Å². The summed E-state index contributed by atoms with van der Waals surface area (Å²) >= 11 is 1.66. The van der Waals surface area contributed by atoms with Gasteiger partial charge >= 0.3 is 5.97 Å². The third-order valence-corrected chi connectivity index (χ3v) is 4.61. The molecular weight excluding hydrogens is 264 g/mol. The summed E-state index contributed by atoms with van der Waals surface area (Å²) in [6.45, 7) is 2.79. The first kappa shape index (κ1) is 16.3. The maximum Gasteiger partial charge on any atom is 0.311 e. The highest BCUT2D eigenvalue weighted by Gasteiger charge is 2.42. The van der Waals surface area contributed by atoms with Crippen LogP contribution in [-0.4, -0.2) is 53.0 Å². The number of aliphatic carboxylic acids is 1. The molecule has 2 atom stereocenters. The fraction of sp³-hybridized carbons (Fsp3) is 0.846. The van der Waals surface area contributed by atoms with Gasteiger partial charge in [0.05, 0.1) is 11.5 Å². The van der Waals surface area contributed by atoms with Crippen molar-refractivity contribution in [3.05, 3.63) is 0 Å². The van der Waals surface area contributed by atoms with Gasteiger partial charge in [-0.15, -0.1) is 0 Å². The summed E-state index contributed by atoms with van der Waals surface area (Å²) in [6, 6.07) is -0.506. The van der Waals surface area contributed by atoms with Gasteiger partial charge in [0.1, 0.15) is 0 Å². The molecule has 1 heterocycles. The maximum absolute atomic E-state index is 12.2. The summed E-state index contributed by atoms with van der Waals surface area (Å²) in [6.07, 6.45) is 4.54. The quantitative estimate of drug-likeness (QED) is 0.766. The molecule has 1 aliphatic heterocycles. The predicted octanol–water partition coefficient (Wildman–Crippen LogP) is 1.17. The van der Waals surface area contributed by atoms with E-state index < -0.39 is 17.4 Å². The Balaban J connectivity index is 2.68. The average molecular weight is 288 g/mol. The van der Waals surface area contributed by atoms with Gasteiger partial charge in [0.15, 0.2) is 0 Å². The Hall–Kier alpha value is -0.750. The molecule has 6 heteroatoms. The van der Waals surface area contributed by atoms with Gasteiger partial charge in [-0.2, -0.15) is 11.8 Å². The number of thioether (sulfide) groups is 1. The lowest BCUT2D eigenvalue weighted by molar-refractivity contribution is -0.155. The topological polar surface area (TPSA) is 83.6 Å². The second-order valence-corrected chi connectivity index (χ2v) is 6.18. The molecule has 0 aromatic carbocycles. The first-order chi connectivity index (χ1) is 8.96. The van der Waals surface area contributed by atoms with E-state index in [0.717, 1.165) is 12.2 Å². The third kappa shape index (κ3) is 3.86. The van der Waals surface area contributed by atoms with Gasteiger partial charge in [0.25, 0.3) is 0 Å². The van der Waals surface area contributed by atoms with Crippen LogP contribution >= 0.6 is 11.8 Å². The Morgan fingerprint density at radius 2 is 2.21 bits per heavy atom. The number of piperidine rings is 1.